The van der Waals surface area contributed by atoms with Crippen LogP contribution in [0.15, 0.2) is 60.0 Å². The highest BCUT2D eigenvalue weighted by Crippen LogP contribution is 2.35. The van der Waals surface area contributed by atoms with Crippen molar-refractivity contribution in [2.75, 3.05) is 0 Å². The van der Waals surface area contributed by atoms with E-state index in [0.717, 1.165) is 16.6 Å². The third-order valence-corrected chi connectivity index (χ3v) is 5.08. The molecule has 6 heteroatoms. The summed E-state index contributed by atoms with van der Waals surface area (Å²) in [6.07, 6.45) is 3.68. The van der Waals surface area contributed by atoms with Crippen LogP contribution in [0.2, 0.25) is 10.0 Å². The Labute approximate surface area is 161 Å². The Morgan fingerprint density at radius 3 is 2.60 bits per heavy atom. The summed E-state index contributed by atoms with van der Waals surface area (Å²) in [7, 11) is 0. The third kappa shape index (κ3) is 4.51. The Morgan fingerprint density at radius 2 is 1.88 bits per heavy atom. The molecule has 0 radical (unpaired) electrons. The second-order valence-corrected chi connectivity index (χ2v) is 7.51. The van der Waals surface area contributed by atoms with E-state index in [0.29, 0.717) is 15.8 Å². The predicted octanol–water partition coefficient (Wildman–Crippen LogP) is 6.26. The molecule has 2 aromatic carbocycles. The highest BCUT2D eigenvalue weighted by Gasteiger charge is 2.14. The minimum atomic E-state index is 0.0289. The number of hydrogen-bond donors (Lipinski definition) is 0. The van der Waals surface area contributed by atoms with Gasteiger partial charge in [-0.1, -0.05) is 65.3 Å². The fraction of sp³-hybridized carbons (Fsp3) is 0.211. The van der Waals surface area contributed by atoms with E-state index in [1.807, 2.05) is 48.9 Å². The highest BCUT2D eigenvalue weighted by molar-refractivity contribution is 7.98. The summed E-state index contributed by atoms with van der Waals surface area (Å²) in [5.74, 6) is 1.45. The van der Waals surface area contributed by atoms with Crippen LogP contribution in [0.1, 0.15) is 19.4 Å². The molecular weight excluding hydrogens is 375 g/mol. The molecule has 0 spiro atoms. The lowest BCUT2D eigenvalue weighted by molar-refractivity contribution is 0.242. The molecule has 0 unspecified atom stereocenters. The first-order valence-electron chi connectivity index (χ1n) is 7.90. The van der Waals surface area contributed by atoms with Gasteiger partial charge in [0.1, 0.15) is 5.75 Å². The van der Waals surface area contributed by atoms with Gasteiger partial charge in [-0.25, -0.2) is 4.98 Å². The molecule has 0 aliphatic heterocycles. The maximum Gasteiger partial charge on any atom is 0.172 e. The summed E-state index contributed by atoms with van der Waals surface area (Å²) in [4.78, 5) is 4.46. The van der Waals surface area contributed by atoms with Gasteiger partial charge in [-0.15, -0.1) is 0 Å². The lowest BCUT2D eigenvalue weighted by atomic mass is 10.2. The zero-order valence-electron chi connectivity index (χ0n) is 13.9. The zero-order chi connectivity index (χ0) is 17.8. The third-order valence-electron chi connectivity index (χ3n) is 3.44. The number of halogens is 2. The largest absolute Gasteiger partial charge is 0.489 e. The maximum absolute atomic E-state index is 6.42. The summed E-state index contributed by atoms with van der Waals surface area (Å²) in [5, 5.41) is 1.92. The fourth-order valence-corrected chi connectivity index (χ4v) is 3.79. The summed E-state index contributed by atoms with van der Waals surface area (Å²) in [6.45, 7) is 3.92. The van der Waals surface area contributed by atoms with Crippen molar-refractivity contribution in [2.45, 2.75) is 30.9 Å². The second kappa shape index (κ2) is 8.17. The van der Waals surface area contributed by atoms with Crippen molar-refractivity contribution < 1.29 is 4.74 Å². The molecule has 130 valence electrons. The summed E-state index contributed by atoms with van der Waals surface area (Å²) in [6, 6.07) is 13.9. The van der Waals surface area contributed by atoms with E-state index in [2.05, 4.69) is 17.1 Å². The van der Waals surface area contributed by atoms with Crippen LogP contribution < -0.4 is 4.74 Å². The number of aromatic nitrogens is 2. The van der Waals surface area contributed by atoms with Gasteiger partial charge >= 0.3 is 0 Å². The van der Waals surface area contributed by atoms with Crippen molar-refractivity contribution in [2.24, 2.45) is 0 Å². The Balaban J connectivity index is 1.88. The number of ether oxygens (including phenoxy) is 1. The topological polar surface area (TPSA) is 27.1 Å². The molecule has 3 aromatic rings. The number of imidazole rings is 1. The molecule has 1 heterocycles. The number of thioether (sulfide) groups is 1. The summed E-state index contributed by atoms with van der Waals surface area (Å²) < 4.78 is 7.73. The summed E-state index contributed by atoms with van der Waals surface area (Å²) in [5.41, 5.74) is 2.04. The molecule has 3 rings (SSSR count). The smallest absolute Gasteiger partial charge is 0.172 e. The van der Waals surface area contributed by atoms with Crippen molar-refractivity contribution in [3.63, 3.8) is 0 Å². The van der Waals surface area contributed by atoms with Crippen LogP contribution in [-0.2, 0) is 5.75 Å². The zero-order valence-corrected chi connectivity index (χ0v) is 16.3. The molecule has 25 heavy (non-hydrogen) atoms. The quantitative estimate of drug-likeness (QED) is 0.463. The lowest BCUT2D eigenvalue weighted by Gasteiger charge is -2.15. The van der Waals surface area contributed by atoms with Crippen molar-refractivity contribution in [1.29, 1.82) is 0 Å². The van der Waals surface area contributed by atoms with Crippen molar-refractivity contribution >= 4 is 35.0 Å². The van der Waals surface area contributed by atoms with Crippen LogP contribution in [0, 0.1) is 0 Å². The van der Waals surface area contributed by atoms with E-state index < -0.39 is 0 Å². The number of rotatable bonds is 6. The minimum absolute atomic E-state index is 0.0289. The highest BCUT2D eigenvalue weighted by atomic mass is 35.5. The van der Waals surface area contributed by atoms with E-state index in [-0.39, 0.29) is 6.10 Å². The predicted molar refractivity (Wildman–Crippen MR) is 105 cm³/mol. The molecule has 0 fully saturated rings. The van der Waals surface area contributed by atoms with Gasteiger partial charge in [-0.05, 0) is 25.5 Å². The summed E-state index contributed by atoms with van der Waals surface area (Å²) >= 11 is 14.3. The molecule has 0 atom stereocenters. The molecule has 0 aliphatic carbocycles. The average Bonchev–Trinajstić information content (AvgIpc) is 3.04. The SMILES string of the molecule is CC(C)Oc1cc(-n2ccnc2SCc2ccccc2)c(Cl)cc1Cl. The molecule has 0 saturated carbocycles. The van der Waals surface area contributed by atoms with Crippen molar-refractivity contribution in [1.82, 2.24) is 9.55 Å². The molecule has 0 amide bonds. The number of hydrogen-bond acceptors (Lipinski definition) is 3. The molecular formula is C19H18Cl2N2OS. The second-order valence-electron chi connectivity index (χ2n) is 5.75. The maximum atomic E-state index is 6.42. The van der Waals surface area contributed by atoms with Gasteiger partial charge in [0.05, 0.1) is 21.8 Å². The normalized spacial score (nSPS) is 11.1. The van der Waals surface area contributed by atoms with Gasteiger partial charge in [-0.2, -0.15) is 0 Å². The van der Waals surface area contributed by atoms with Gasteiger partial charge in [0.25, 0.3) is 0 Å². The Bertz CT molecular complexity index is 850. The Hall–Kier alpha value is -1.62. The van der Waals surface area contributed by atoms with Gasteiger partial charge < -0.3 is 4.74 Å². The van der Waals surface area contributed by atoms with Crippen LogP contribution >= 0.6 is 35.0 Å². The van der Waals surface area contributed by atoms with Gasteiger partial charge in [0, 0.05) is 24.2 Å². The van der Waals surface area contributed by atoms with Gasteiger partial charge in [0.15, 0.2) is 5.16 Å². The van der Waals surface area contributed by atoms with Crippen LogP contribution in [0.25, 0.3) is 5.69 Å². The fourth-order valence-electron chi connectivity index (χ4n) is 2.35. The van der Waals surface area contributed by atoms with Crippen LogP contribution in [-0.4, -0.2) is 15.7 Å². The van der Waals surface area contributed by atoms with Crippen LogP contribution in [0.4, 0.5) is 0 Å². The first kappa shape index (κ1) is 18.2. The van der Waals surface area contributed by atoms with Crippen molar-refractivity contribution in [3.8, 4) is 11.4 Å². The number of benzene rings is 2. The first-order chi connectivity index (χ1) is 12.0. The standard InChI is InChI=1S/C19H18Cl2N2OS/c1-13(2)24-18-11-17(15(20)10-16(18)21)23-9-8-22-19(23)25-12-14-6-4-3-5-7-14/h3-11,13H,12H2,1-2H3. The van der Waals surface area contributed by atoms with Crippen LogP contribution in [0.5, 0.6) is 5.75 Å². The van der Waals surface area contributed by atoms with E-state index in [4.69, 9.17) is 27.9 Å². The Morgan fingerprint density at radius 1 is 1.12 bits per heavy atom. The van der Waals surface area contributed by atoms with Gasteiger partial charge in [0.2, 0.25) is 0 Å². The molecule has 0 N–H and O–H groups in total. The Kier molecular flexibility index (Phi) is 5.94. The van der Waals surface area contributed by atoms with Crippen LogP contribution in [0.3, 0.4) is 0 Å². The molecule has 0 bridgehead atoms. The minimum Gasteiger partial charge on any atom is -0.489 e. The van der Waals surface area contributed by atoms with E-state index in [9.17, 15) is 0 Å². The number of nitrogens with zero attached hydrogens (tertiary/aromatic N) is 2. The molecule has 3 nitrogen and oxygen atoms in total. The molecule has 0 aliphatic rings. The first-order valence-corrected chi connectivity index (χ1v) is 9.65. The van der Waals surface area contributed by atoms with E-state index >= 15 is 0 Å². The monoisotopic (exact) mass is 392 g/mol. The van der Waals surface area contributed by atoms with E-state index in [1.165, 1.54) is 5.56 Å². The van der Waals surface area contributed by atoms with E-state index in [1.54, 1.807) is 24.0 Å². The lowest BCUT2D eigenvalue weighted by Crippen LogP contribution is -2.07. The average molecular weight is 393 g/mol. The molecule has 1 aromatic heterocycles. The molecule has 0 saturated heterocycles. The van der Waals surface area contributed by atoms with Gasteiger partial charge in [-0.3, -0.25) is 4.57 Å². The van der Waals surface area contributed by atoms with Crippen molar-refractivity contribution in [3.05, 3.63) is 70.5 Å².